The normalized spacial score (nSPS) is 20.2. The fourth-order valence-electron chi connectivity index (χ4n) is 1.49. The quantitative estimate of drug-likeness (QED) is 0.667. The highest BCUT2D eigenvalue weighted by Crippen LogP contribution is 2.09. The Morgan fingerprint density at radius 2 is 1.71 bits per heavy atom. The maximum atomic E-state index is 11.9. The highest BCUT2D eigenvalue weighted by Gasteiger charge is 2.28. The Bertz CT molecular complexity index is 256. The fraction of sp³-hybridized carbons (Fsp3) is 1.00. The van der Waals surface area contributed by atoms with Gasteiger partial charge in [0, 0.05) is 26.2 Å². The lowest BCUT2D eigenvalue weighted by Crippen LogP contribution is -2.48. The molecule has 6 heteroatoms. The monoisotopic (exact) mass is 222 g/mol. The summed E-state index contributed by atoms with van der Waals surface area (Å²) in [7, 11) is -3.24. The van der Waals surface area contributed by atoms with E-state index < -0.39 is 10.2 Å². The lowest BCUT2D eigenvalue weighted by Gasteiger charge is -2.30. The summed E-state index contributed by atoms with van der Waals surface area (Å²) in [6.07, 6.45) is 0. The molecule has 0 aromatic rings. The average molecular weight is 222 g/mol. The Balaban J connectivity index is 2.71. The third kappa shape index (κ3) is 2.44. The van der Waals surface area contributed by atoms with E-state index in [4.69, 9.17) is 4.74 Å². The molecule has 0 saturated carbocycles. The van der Waals surface area contributed by atoms with Crippen LogP contribution >= 0.6 is 0 Å². The molecule has 14 heavy (non-hydrogen) atoms. The number of hydrogen-bond donors (Lipinski definition) is 0. The van der Waals surface area contributed by atoms with Crippen molar-refractivity contribution in [2.24, 2.45) is 0 Å². The van der Waals surface area contributed by atoms with Crippen LogP contribution in [0.2, 0.25) is 0 Å². The van der Waals surface area contributed by atoms with Crippen LogP contribution in [0.15, 0.2) is 0 Å². The van der Waals surface area contributed by atoms with E-state index in [1.807, 2.05) is 13.8 Å². The van der Waals surface area contributed by atoms with Gasteiger partial charge < -0.3 is 4.74 Å². The van der Waals surface area contributed by atoms with Crippen molar-refractivity contribution >= 4 is 10.2 Å². The molecule has 0 aromatic carbocycles. The molecule has 0 N–H and O–H groups in total. The summed E-state index contributed by atoms with van der Waals surface area (Å²) in [6.45, 7) is 6.69. The second-order valence-electron chi connectivity index (χ2n) is 3.10. The molecule has 0 spiro atoms. The molecule has 1 fully saturated rings. The van der Waals surface area contributed by atoms with Crippen LogP contribution in [-0.2, 0) is 14.9 Å². The molecule has 0 radical (unpaired) electrons. The van der Waals surface area contributed by atoms with Crippen molar-refractivity contribution in [3.05, 3.63) is 0 Å². The van der Waals surface area contributed by atoms with Crippen molar-refractivity contribution in [3.63, 3.8) is 0 Å². The molecule has 1 saturated heterocycles. The zero-order valence-corrected chi connectivity index (χ0v) is 9.59. The standard InChI is InChI=1S/C8H18N2O3S/c1-3-9(4-2)14(11,12)10-5-7-13-8-6-10/h3-8H2,1-2H3. The van der Waals surface area contributed by atoms with Crippen LogP contribution in [0.5, 0.6) is 0 Å². The molecule has 0 amide bonds. The first-order chi connectivity index (χ1) is 6.62. The number of hydrogen-bond acceptors (Lipinski definition) is 3. The van der Waals surface area contributed by atoms with E-state index in [-0.39, 0.29) is 0 Å². The van der Waals surface area contributed by atoms with E-state index in [0.29, 0.717) is 39.4 Å². The van der Waals surface area contributed by atoms with Crippen molar-refractivity contribution in [1.29, 1.82) is 0 Å². The predicted octanol–water partition coefficient (Wildman–Crippen LogP) is -0.0948. The van der Waals surface area contributed by atoms with Gasteiger partial charge in [-0.2, -0.15) is 17.0 Å². The molecular formula is C8H18N2O3S. The van der Waals surface area contributed by atoms with Gasteiger partial charge in [0.05, 0.1) is 13.2 Å². The molecule has 5 nitrogen and oxygen atoms in total. The van der Waals surface area contributed by atoms with Gasteiger partial charge in [0.2, 0.25) is 0 Å². The highest BCUT2D eigenvalue weighted by molar-refractivity contribution is 7.86. The Kier molecular flexibility index (Phi) is 4.31. The van der Waals surface area contributed by atoms with Crippen LogP contribution in [0.25, 0.3) is 0 Å². The first-order valence-corrected chi connectivity index (χ1v) is 6.35. The highest BCUT2D eigenvalue weighted by atomic mass is 32.2. The largest absolute Gasteiger partial charge is 0.379 e. The first kappa shape index (κ1) is 11.9. The van der Waals surface area contributed by atoms with Gasteiger partial charge in [-0.05, 0) is 0 Å². The SMILES string of the molecule is CCN(CC)S(=O)(=O)N1CCOCC1. The molecule has 0 aromatic heterocycles. The molecule has 84 valence electrons. The number of nitrogens with zero attached hydrogens (tertiary/aromatic N) is 2. The summed E-state index contributed by atoms with van der Waals surface area (Å²) < 4.78 is 32.0. The minimum atomic E-state index is -3.24. The van der Waals surface area contributed by atoms with Gasteiger partial charge in [-0.1, -0.05) is 13.8 Å². The Morgan fingerprint density at radius 1 is 1.21 bits per heavy atom. The Hall–Kier alpha value is -0.170. The van der Waals surface area contributed by atoms with E-state index in [9.17, 15) is 8.42 Å². The maximum Gasteiger partial charge on any atom is 0.282 e. The van der Waals surface area contributed by atoms with Crippen molar-refractivity contribution in [2.75, 3.05) is 39.4 Å². The van der Waals surface area contributed by atoms with Crippen LogP contribution in [0.3, 0.4) is 0 Å². The predicted molar refractivity (Wildman–Crippen MR) is 54.2 cm³/mol. The molecule has 1 heterocycles. The first-order valence-electron chi connectivity index (χ1n) is 4.95. The van der Waals surface area contributed by atoms with Gasteiger partial charge in [0.1, 0.15) is 0 Å². The van der Waals surface area contributed by atoms with Gasteiger partial charge in [-0.25, -0.2) is 0 Å². The summed E-state index contributed by atoms with van der Waals surface area (Å²) in [5.41, 5.74) is 0. The van der Waals surface area contributed by atoms with Crippen molar-refractivity contribution in [1.82, 2.24) is 8.61 Å². The Morgan fingerprint density at radius 3 is 2.14 bits per heavy atom. The second kappa shape index (κ2) is 5.06. The molecule has 1 aliphatic rings. The lowest BCUT2D eigenvalue weighted by molar-refractivity contribution is 0.0703. The molecule has 1 aliphatic heterocycles. The van der Waals surface area contributed by atoms with Crippen molar-refractivity contribution in [2.45, 2.75) is 13.8 Å². The van der Waals surface area contributed by atoms with E-state index in [1.165, 1.54) is 8.61 Å². The van der Waals surface area contributed by atoms with E-state index in [1.54, 1.807) is 0 Å². The second-order valence-corrected chi connectivity index (χ2v) is 5.03. The van der Waals surface area contributed by atoms with E-state index in [2.05, 4.69) is 0 Å². The van der Waals surface area contributed by atoms with Gasteiger partial charge in [0.25, 0.3) is 10.2 Å². The number of rotatable bonds is 4. The smallest absolute Gasteiger partial charge is 0.282 e. The van der Waals surface area contributed by atoms with Crippen LogP contribution in [0.1, 0.15) is 13.8 Å². The van der Waals surface area contributed by atoms with E-state index in [0.717, 1.165) is 0 Å². The van der Waals surface area contributed by atoms with Crippen LogP contribution in [0.4, 0.5) is 0 Å². The number of morpholine rings is 1. The summed E-state index contributed by atoms with van der Waals surface area (Å²) in [6, 6.07) is 0. The summed E-state index contributed by atoms with van der Waals surface area (Å²) in [5, 5.41) is 0. The van der Waals surface area contributed by atoms with Crippen LogP contribution in [0, 0.1) is 0 Å². The molecule has 0 unspecified atom stereocenters. The van der Waals surface area contributed by atoms with Crippen LogP contribution < -0.4 is 0 Å². The number of ether oxygens (including phenoxy) is 1. The average Bonchev–Trinajstić information content (AvgIpc) is 2.20. The van der Waals surface area contributed by atoms with Gasteiger partial charge in [-0.15, -0.1) is 0 Å². The molecule has 0 bridgehead atoms. The summed E-state index contributed by atoms with van der Waals surface area (Å²) in [4.78, 5) is 0. The Labute approximate surface area is 85.8 Å². The summed E-state index contributed by atoms with van der Waals surface area (Å²) in [5.74, 6) is 0. The van der Waals surface area contributed by atoms with Gasteiger partial charge in [-0.3, -0.25) is 0 Å². The molecule has 0 aliphatic carbocycles. The van der Waals surface area contributed by atoms with Crippen LogP contribution in [-0.4, -0.2) is 56.4 Å². The molecular weight excluding hydrogens is 204 g/mol. The van der Waals surface area contributed by atoms with E-state index >= 15 is 0 Å². The fourth-order valence-corrected chi connectivity index (χ4v) is 3.08. The minimum absolute atomic E-state index is 0.471. The zero-order chi connectivity index (χ0) is 10.6. The maximum absolute atomic E-state index is 11.9. The van der Waals surface area contributed by atoms with Crippen molar-refractivity contribution < 1.29 is 13.2 Å². The minimum Gasteiger partial charge on any atom is -0.379 e. The molecule has 1 rings (SSSR count). The third-order valence-electron chi connectivity index (χ3n) is 2.33. The van der Waals surface area contributed by atoms with Crippen molar-refractivity contribution in [3.8, 4) is 0 Å². The lowest BCUT2D eigenvalue weighted by atomic mass is 10.5. The zero-order valence-electron chi connectivity index (χ0n) is 8.77. The topological polar surface area (TPSA) is 49.9 Å². The van der Waals surface area contributed by atoms with Gasteiger partial charge in [0.15, 0.2) is 0 Å². The third-order valence-corrected chi connectivity index (χ3v) is 4.51. The molecule has 0 atom stereocenters. The van der Waals surface area contributed by atoms with Gasteiger partial charge >= 0.3 is 0 Å². The summed E-state index contributed by atoms with van der Waals surface area (Å²) >= 11 is 0.